The van der Waals surface area contributed by atoms with Gasteiger partial charge in [0, 0.05) is 24.2 Å². The molecular formula is C13H17N3O2S2. The zero-order chi connectivity index (χ0) is 14.4. The average Bonchev–Trinajstić information content (AvgIpc) is 2.97. The van der Waals surface area contributed by atoms with Crippen molar-refractivity contribution in [3.63, 3.8) is 0 Å². The molecule has 0 saturated carbocycles. The van der Waals surface area contributed by atoms with Crippen molar-refractivity contribution in [3.05, 3.63) is 40.7 Å². The summed E-state index contributed by atoms with van der Waals surface area (Å²) in [6.45, 7) is 3.01. The number of nitrogens with one attached hydrogen (secondary N) is 2. The maximum atomic E-state index is 12.3. The normalized spacial score (nSPS) is 11.4. The first-order valence-electron chi connectivity index (χ1n) is 6.34. The Bertz CT molecular complexity index is 639. The number of rotatable bonds is 7. The molecule has 2 aromatic heterocycles. The van der Waals surface area contributed by atoms with Crippen molar-refractivity contribution in [2.45, 2.75) is 24.9 Å². The third-order valence-corrected chi connectivity index (χ3v) is 4.84. The molecule has 5 nitrogen and oxygen atoms in total. The van der Waals surface area contributed by atoms with Gasteiger partial charge in [-0.2, -0.15) is 0 Å². The van der Waals surface area contributed by atoms with Crippen LogP contribution in [0.15, 0.2) is 40.9 Å². The maximum absolute atomic E-state index is 12.3. The molecule has 0 aliphatic carbocycles. The van der Waals surface area contributed by atoms with Crippen molar-refractivity contribution in [2.24, 2.45) is 0 Å². The molecule has 0 saturated heterocycles. The van der Waals surface area contributed by atoms with Gasteiger partial charge in [0.15, 0.2) is 5.03 Å². The van der Waals surface area contributed by atoms with E-state index in [4.69, 9.17) is 0 Å². The number of hydrogen-bond acceptors (Lipinski definition) is 5. The van der Waals surface area contributed by atoms with Gasteiger partial charge in [-0.15, -0.1) is 11.3 Å². The van der Waals surface area contributed by atoms with E-state index < -0.39 is 10.0 Å². The molecule has 0 bridgehead atoms. The topological polar surface area (TPSA) is 71.1 Å². The van der Waals surface area contributed by atoms with Crippen LogP contribution in [0.5, 0.6) is 0 Å². The fraction of sp³-hybridized carbons (Fsp3) is 0.308. The Labute approximate surface area is 123 Å². The molecule has 2 N–H and O–H groups in total. The molecule has 0 atom stereocenters. The van der Waals surface area contributed by atoms with Gasteiger partial charge in [-0.1, -0.05) is 13.0 Å². The molecule has 0 radical (unpaired) electrons. The van der Waals surface area contributed by atoms with E-state index in [0.29, 0.717) is 12.2 Å². The third-order valence-electron chi connectivity index (χ3n) is 2.61. The Hall–Kier alpha value is -1.44. The van der Waals surface area contributed by atoms with E-state index in [1.54, 1.807) is 12.1 Å². The fourth-order valence-corrected chi connectivity index (χ4v) is 3.49. The molecule has 2 heterocycles. The summed E-state index contributed by atoms with van der Waals surface area (Å²) in [5.41, 5.74) is 0.535. The van der Waals surface area contributed by atoms with Crippen molar-refractivity contribution < 1.29 is 8.42 Å². The molecule has 2 aromatic rings. The summed E-state index contributed by atoms with van der Waals surface area (Å²) in [5, 5.41) is 5.04. The fourth-order valence-electron chi connectivity index (χ4n) is 1.65. The average molecular weight is 311 g/mol. The van der Waals surface area contributed by atoms with Crippen LogP contribution in [0.1, 0.15) is 18.2 Å². The highest BCUT2D eigenvalue weighted by Crippen LogP contribution is 2.18. The van der Waals surface area contributed by atoms with E-state index in [1.807, 2.05) is 24.4 Å². The number of hydrogen-bond donors (Lipinski definition) is 2. The van der Waals surface area contributed by atoms with Crippen LogP contribution in [0.4, 0.5) is 5.69 Å². The quantitative estimate of drug-likeness (QED) is 0.824. The number of nitrogens with zero attached hydrogens (tertiary/aromatic N) is 1. The van der Waals surface area contributed by atoms with E-state index in [-0.39, 0.29) is 11.6 Å². The number of aromatic nitrogens is 1. The van der Waals surface area contributed by atoms with E-state index in [2.05, 4.69) is 15.0 Å². The predicted octanol–water partition coefficient (Wildman–Crippen LogP) is 2.44. The molecule has 7 heteroatoms. The summed E-state index contributed by atoms with van der Waals surface area (Å²) in [5.74, 6) is 0. The molecule has 108 valence electrons. The molecule has 2 rings (SSSR count). The summed E-state index contributed by atoms with van der Waals surface area (Å²) in [6, 6.07) is 7.23. The number of thiophene rings is 1. The van der Waals surface area contributed by atoms with E-state index in [0.717, 1.165) is 11.3 Å². The molecule has 0 amide bonds. The van der Waals surface area contributed by atoms with E-state index in [1.165, 1.54) is 17.5 Å². The highest BCUT2D eigenvalue weighted by atomic mass is 32.2. The molecule has 0 aromatic carbocycles. The Balaban J connectivity index is 2.16. The predicted molar refractivity (Wildman–Crippen MR) is 81.4 cm³/mol. The summed E-state index contributed by atoms with van der Waals surface area (Å²) in [4.78, 5) is 4.96. The minimum atomic E-state index is -3.61. The first-order chi connectivity index (χ1) is 9.63. The minimum absolute atomic E-state index is 0.0463. The number of sulfonamides is 1. The maximum Gasteiger partial charge on any atom is 0.260 e. The second kappa shape index (κ2) is 6.83. The van der Waals surface area contributed by atoms with Gasteiger partial charge in [-0.05, 0) is 30.0 Å². The van der Waals surface area contributed by atoms with Crippen LogP contribution < -0.4 is 10.0 Å². The van der Waals surface area contributed by atoms with E-state index in [9.17, 15) is 8.42 Å². The first kappa shape index (κ1) is 15.0. The van der Waals surface area contributed by atoms with Gasteiger partial charge in [-0.3, -0.25) is 0 Å². The monoisotopic (exact) mass is 311 g/mol. The summed E-state index contributed by atoms with van der Waals surface area (Å²) < 4.78 is 27.2. The molecule has 0 spiro atoms. The van der Waals surface area contributed by atoms with Crippen molar-refractivity contribution >= 4 is 27.0 Å². The van der Waals surface area contributed by atoms with Crippen molar-refractivity contribution in [2.75, 3.05) is 11.9 Å². The summed E-state index contributed by atoms with van der Waals surface area (Å²) in [7, 11) is -3.61. The van der Waals surface area contributed by atoms with Gasteiger partial charge in [0.1, 0.15) is 0 Å². The highest BCUT2D eigenvalue weighted by Gasteiger charge is 2.19. The van der Waals surface area contributed by atoms with Gasteiger partial charge in [0.25, 0.3) is 10.0 Å². The Morgan fingerprint density at radius 1 is 1.30 bits per heavy atom. The van der Waals surface area contributed by atoms with Crippen LogP contribution >= 0.6 is 11.3 Å². The standard InChI is InChI=1S/C13H17N3O2S2/c1-2-7-14-12-6-3-8-15-13(12)20(17,18)16-10-11-5-4-9-19-11/h3-6,8-9,14,16H,2,7,10H2,1H3. The second-order valence-corrected chi connectivity index (χ2v) is 6.90. The lowest BCUT2D eigenvalue weighted by molar-refractivity contribution is 0.578. The highest BCUT2D eigenvalue weighted by molar-refractivity contribution is 7.89. The molecule has 0 unspecified atom stereocenters. The molecule has 20 heavy (non-hydrogen) atoms. The van der Waals surface area contributed by atoms with Gasteiger partial charge in [0.2, 0.25) is 0 Å². The van der Waals surface area contributed by atoms with Crippen LogP contribution in [0, 0.1) is 0 Å². The second-order valence-electron chi connectivity index (χ2n) is 4.19. The van der Waals surface area contributed by atoms with Crippen LogP contribution in [0.3, 0.4) is 0 Å². The molecule has 0 aliphatic rings. The SMILES string of the molecule is CCCNc1cccnc1S(=O)(=O)NCc1cccs1. The van der Waals surface area contributed by atoms with Gasteiger partial charge in [-0.25, -0.2) is 18.1 Å². The van der Waals surface area contributed by atoms with Gasteiger partial charge in [0.05, 0.1) is 5.69 Å². The smallest absolute Gasteiger partial charge is 0.260 e. The van der Waals surface area contributed by atoms with Gasteiger partial charge < -0.3 is 5.32 Å². The van der Waals surface area contributed by atoms with E-state index >= 15 is 0 Å². The first-order valence-corrected chi connectivity index (χ1v) is 8.70. The number of anilines is 1. The van der Waals surface area contributed by atoms with Crippen molar-refractivity contribution in [1.82, 2.24) is 9.71 Å². The lowest BCUT2D eigenvalue weighted by Crippen LogP contribution is -2.25. The largest absolute Gasteiger partial charge is 0.383 e. The van der Waals surface area contributed by atoms with Crippen LogP contribution in [0.2, 0.25) is 0 Å². The summed E-state index contributed by atoms with van der Waals surface area (Å²) in [6.07, 6.45) is 2.40. The Morgan fingerprint density at radius 3 is 2.85 bits per heavy atom. The Kier molecular flexibility index (Phi) is 5.11. The molecule has 0 fully saturated rings. The van der Waals surface area contributed by atoms with Crippen molar-refractivity contribution in [3.8, 4) is 0 Å². The van der Waals surface area contributed by atoms with Crippen LogP contribution in [-0.4, -0.2) is 19.9 Å². The zero-order valence-corrected chi connectivity index (χ0v) is 12.8. The third kappa shape index (κ3) is 3.78. The molecular weight excluding hydrogens is 294 g/mol. The Morgan fingerprint density at radius 2 is 2.15 bits per heavy atom. The molecule has 0 aliphatic heterocycles. The van der Waals surface area contributed by atoms with Crippen molar-refractivity contribution in [1.29, 1.82) is 0 Å². The van der Waals surface area contributed by atoms with Gasteiger partial charge >= 0.3 is 0 Å². The van der Waals surface area contributed by atoms with Crippen LogP contribution in [0.25, 0.3) is 0 Å². The van der Waals surface area contributed by atoms with Crippen LogP contribution in [-0.2, 0) is 16.6 Å². The lowest BCUT2D eigenvalue weighted by atomic mass is 10.4. The summed E-state index contributed by atoms with van der Waals surface area (Å²) >= 11 is 1.51. The number of pyridine rings is 1. The lowest BCUT2D eigenvalue weighted by Gasteiger charge is -2.11. The minimum Gasteiger partial charge on any atom is -0.383 e. The zero-order valence-electron chi connectivity index (χ0n) is 11.2.